The van der Waals surface area contributed by atoms with Crippen LogP contribution in [0.2, 0.25) is 0 Å². The first-order valence-corrected chi connectivity index (χ1v) is 11.2. The summed E-state index contributed by atoms with van der Waals surface area (Å²) in [7, 11) is 2.16. The zero-order valence-electron chi connectivity index (χ0n) is 17.8. The fraction of sp³-hybridized carbons (Fsp3) is 0.652. The fourth-order valence-corrected chi connectivity index (χ4v) is 4.98. The summed E-state index contributed by atoms with van der Waals surface area (Å²) < 4.78 is 0. The third kappa shape index (κ3) is 4.27. The molecule has 2 atom stereocenters. The summed E-state index contributed by atoms with van der Waals surface area (Å²) in [4.78, 5) is 34.4. The Morgan fingerprint density at radius 1 is 1.00 bits per heavy atom. The van der Waals surface area contributed by atoms with Crippen molar-refractivity contribution >= 4 is 23.2 Å². The molecule has 1 aromatic rings. The summed E-state index contributed by atoms with van der Waals surface area (Å²) in [5.74, 6) is 0.0502. The van der Waals surface area contributed by atoms with Crippen LogP contribution in [0, 0.1) is 5.92 Å². The second-order valence-electron chi connectivity index (χ2n) is 8.80. The zero-order chi connectivity index (χ0) is 20.4. The maximum Gasteiger partial charge on any atom is 0.228 e. The van der Waals surface area contributed by atoms with Crippen LogP contribution in [0.25, 0.3) is 0 Å². The van der Waals surface area contributed by atoms with E-state index in [1.54, 1.807) is 4.90 Å². The summed E-state index contributed by atoms with van der Waals surface area (Å²) in [6.07, 6.45) is 4.73. The van der Waals surface area contributed by atoms with Crippen LogP contribution < -0.4 is 9.80 Å². The van der Waals surface area contributed by atoms with E-state index in [9.17, 15) is 9.59 Å². The quantitative estimate of drug-likeness (QED) is 0.782. The molecule has 3 fully saturated rings. The van der Waals surface area contributed by atoms with Crippen LogP contribution in [0.1, 0.15) is 39.0 Å². The van der Waals surface area contributed by atoms with Crippen LogP contribution in [0.5, 0.6) is 0 Å². The lowest BCUT2D eigenvalue weighted by Gasteiger charge is -2.36. The van der Waals surface area contributed by atoms with E-state index in [-0.39, 0.29) is 17.7 Å². The third-order valence-corrected chi connectivity index (χ3v) is 6.89. The Hall–Kier alpha value is -2.08. The molecule has 3 heterocycles. The Morgan fingerprint density at radius 3 is 2.38 bits per heavy atom. The SMILES string of the molecule is CCC1CCCCN1C(=O)C1CC(=O)N(c2ccc(N3CCN(C)CC3)cc2)C1. The minimum absolute atomic E-state index is 0.0701. The number of nitrogens with zero attached hydrogens (tertiary/aromatic N) is 4. The zero-order valence-corrected chi connectivity index (χ0v) is 17.8. The van der Waals surface area contributed by atoms with Crippen LogP contribution in [0.15, 0.2) is 24.3 Å². The molecule has 2 unspecified atom stereocenters. The highest BCUT2D eigenvalue weighted by atomic mass is 16.2. The number of hydrogen-bond donors (Lipinski definition) is 0. The Kier molecular flexibility index (Phi) is 6.09. The second-order valence-corrected chi connectivity index (χ2v) is 8.80. The van der Waals surface area contributed by atoms with Gasteiger partial charge in [0.25, 0.3) is 0 Å². The normalized spacial score (nSPS) is 26.3. The van der Waals surface area contributed by atoms with Crippen molar-refractivity contribution in [1.82, 2.24) is 9.80 Å². The Labute approximate surface area is 174 Å². The van der Waals surface area contributed by atoms with Gasteiger partial charge in [-0.2, -0.15) is 0 Å². The molecule has 3 aliphatic heterocycles. The first-order valence-electron chi connectivity index (χ1n) is 11.2. The number of anilines is 2. The van der Waals surface area contributed by atoms with Gasteiger partial charge in [-0.1, -0.05) is 6.92 Å². The average Bonchev–Trinajstić information content (AvgIpc) is 3.15. The Balaban J connectivity index is 1.40. The molecular formula is C23H34N4O2. The largest absolute Gasteiger partial charge is 0.369 e. The van der Waals surface area contributed by atoms with Crippen molar-refractivity contribution in [3.05, 3.63) is 24.3 Å². The number of benzene rings is 1. The molecule has 3 aliphatic rings. The van der Waals surface area contributed by atoms with E-state index in [0.29, 0.717) is 19.0 Å². The van der Waals surface area contributed by atoms with Gasteiger partial charge in [0.1, 0.15) is 0 Å². The van der Waals surface area contributed by atoms with Gasteiger partial charge in [-0.25, -0.2) is 0 Å². The molecule has 6 heteroatoms. The van der Waals surface area contributed by atoms with Crippen molar-refractivity contribution in [1.29, 1.82) is 0 Å². The number of amides is 2. The maximum atomic E-state index is 13.1. The molecule has 0 spiro atoms. The van der Waals surface area contributed by atoms with Gasteiger partial charge in [0.15, 0.2) is 0 Å². The molecule has 4 rings (SSSR count). The van der Waals surface area contributed by atoms with E-state index in [0.717, 1.165) is 57.7 Å². The molecule has 0 radical (unpaired) electrons. The Morgan fingerprint density at radius 2 is 1.69 bits per heavy atom. The van der Waals surface area contributed by atoms with Gasteiger partial charge in [0, 0.05) is 63.1 Å². The average molecular weight is 399 g/mol. The van der Waals surface area contributed by atoms with Gasteiger partial charge < -0.3 is 19.6 Å². The molecule has 6 nitrogen and oxygen atoms in total. The molecule has 0 N–H and O–H groups in total. The number of likely N-dealkylation sites (tertiary alicyclic amines) is 1. The standard InChI is InChI=1S/C23H34N4O2/c1-3-19-6-4-5-11-26(19)23(29)18-16-22(28)27(17-18)21-9-7-20(8-10-21)25-14-12-24(2)13-15-25/h7-10,18-19H,3-6,11-17H2,1-2H3. The monoisotopic (exact) mass is 398 g/mol. The molecule has 0 saturated carbocycles. The summed E-state index contributed by atoms with van der Waals surface area (Å²) >= 11 is 0. The van der Waals surface area contributed by atoms with E-state index in [1.165, 1.54) is 12.1 Å². The van der Waals surface area contributed by atoms with E-state index in [2.05, 4.69) is 40.8 Å². The van der Waals surface area contributed by atoms with Gasteiger partial charge >= 0.3 is 0 Å². The van der Waals surface area contributed by atoms with Gasteiger partial charge in [0.2, 0.25) is 11.8 Å². The Bertz CT molecular complexity index is 727. The topological polar surface area (TPSA) is 47.1 Å². The van der Waals surface area contributed by atoms with Crippen LogP contribution in [0.4, 0.5) is 11.4 Å². The molecule has 2 amide bonds. The molecule has 158 valence electrons. The second kappa shape index (κ2) is 8.74. The summed E-state index contributed by atoms with van der Waals surface area (Å²) in [6, 6.07) is 8.65. The minimum Gasteiger partial charge on any atom is -0.369 e. The van der Waals surface area contributed by atoms with Crippen molar-refractivity contribution in [2.24, 2.45) is 5.92 Å². The van der Waals surface area contributed by atoms with Crippen LogP contribution >= 0.6 is 0 Å². The highest BCUT2D eigenvalue weighted by Crippen LogP contribution is 2.30. The van der Waals surface area contributed by atoms with Gasteiger partial charge in [0.05, 0.1) is 5.92 Å². The van der Waals surface area contributed by atoms with Crippen molar-refractivity contribution in [3.8, 4) is 0 Å². The highest BCUT2D eigenvalue weighted by molar-refractivity contribution is 6.00. The highest BCUT2D eigenvalue weighted by Gasteiger charge is 2.39. The number of carbonyl (C=O) groups is 2. The molecule has 3 saturated heterocycles. The lowest BCUT2D eigenvalue weighted by Crippen LogP contribution is -2.46. The predicted octanol–water partition coefficient (Wildman–Crippen LogP) is 2.58. The number of hydrogen-bond acceptors (Lipinski definition) is 4. The number of rotatable bonds is 4. The number of likely N-dealkylation sites (N-methyl/N-ethyl adjacent to an activating group) is 1. The van der Waals surface area contributed by atoms with Gasteiger partial charge in [-0.15, -0.1) is 0 Å². The molecule has 0 aromatic heterocycles. The van der Waals surface area contributed by atoms with Crippen molar-refractivity contribution < 1.29 is 9.59 Å². The number of piperazine rings is 1. The lowest BCUT2D eigenvalue weighted by atomic mass is 9.97. The minimum atomic E-state index is -0.202. The van der Waals surface area contributed by atoms with Crippen molar-refractivity contribution in [2.75, 3.05) is 56.1 Å². The first kappa shape index (κ1) is 20.2. The molecule has 0 bridgehead atoms. The molecule has 1 aromatic carbocycles. The molecular weight excluding hydrogens is 364 g/mol. The summed E-state index contributed by atoms with van der Waals surface area (Å²) in [5.41, 5.74) is 2.12. The first-order chi connectivity index (χ1) is 14.1. The lowest BCUT2D eigenvalue weighted by molar-refractivity contribution is -0.139. The van der Waals surface area contributed by atoms with Gasteiger partial charge in [-0.05, 0) is 57.0 Å². The van der Waals surface area contributed by atoms with E-state index >= 15 is 0 Å². The molecule has 29 heavy (non-hydrogen) atoms. The fourth-order valence-electron chi connectivity index (χ4n) is 4.98. The van der Waals surface area contributed by atoms with Gasteiger partial charge in [-0.3, -0.25) is 9.59 Å². The maximum absolute atomic E-state index is 13.1. The van der Waals surface area contributed by atoms with E-state index < -0.39 is 0 Å². The predicted molar refractivity (Wildman–Crippen MR) is 116 cm³/mol. The van der Waals surface area contributed by atoms with Crippen LogP contribution in [0.3, 0.4) is 0 Å². The van der Waals surface area contributed by atoms with Crippen molar-refractivity contribution in [2.45, 2.75) is 45.1 Å². The number of carbonyl (C=O) groups excluding carboxylic acids is 2. The smallest absolute Gasteiger partial charge is 0.228 e. The molecule has 0 aliphatic carbocycles. The van der Waals surface area contributed by atoms with Crippen molar-refractivity contribution in [3.63, 3.8) is 0 Å². The summed E-state index contributed by atoms with van der Waals surface area (Å²) in [5, 5.41) is 0. The summed E-state index contributed by atoms with van der Waals surface area (Å²) in [6.45, 7) is 7.73. The van der Waals surface area contributed by atoms with E-state index in [4.69, 9.17) is 0 Å². The van der Waals surface area contributed by atoms with E-state index in [1.807, 2.05) is 12.1 Å². The number of piperidine rings is 1. The van der Waals surface area contributed by atoms with Crippen LogP contribution in [-0.4, -0.2) is 74.0 Å². The van der Waals surface area contributed by atoms with Crippen LogP contribution in [-0.2, 0) is 9.59 Å². The third-order valence-electron chi connectivity index (χ3n) is 6.89.